The van der Waals surface area contributed by atoms with Crippen LogP contribution in [0.5, 0.6) is 11.5 Å². The van der Waals surface area contributed by atoms with Gasteiger partial charge in [0.2, 0.25) is 5.91 Å². The Morgan fingerprint density at radius 2 is 1.84 bits per heavy atom. The molecule has 32 heavy (non-hydrogen) atoms. The van der Waals surface area contributed by atoms with Crippen molar-refractivity contribution in [2.24, 2.45) is 17.6 Å². The lowest BCUT2D eigenvalue weighted by Gasteiger charge is -2.27. The van der Waals surface area contributed by atoms with Crippen LogP contribution in [0, 0.1) is 11.8 Å². The summed E-state index contributed by atoms with van der Waals surface area (Å²) in [7, 11) is 4.74. The maximum Gasteiger partial charge on any atom is 0.246 e. The largest absolute Gasteiger partial charge is 0.493 e. The summed E-state index contributed by atoms with van der Waals surface area (Å²) in [6.45, 7) is 5.56. The monoisotopic (exact) mass is 476 g/mol. The molecule has 186 valence electrons. The van der Waals surface area contributed by atoms with Gasteiger partial charge < -0.3 is 35.1 Å². The van der Waals surface area contributed by atoms with Gasteiger partial charge in [-0.25, -0.2) is 0 Å². The quantitative estimate of drug-likeness (QED) is 0.313. The molecule has 0 radical (unpaired) electrons. The van der Waals surface area contributed by atoms with E-state index in [0.29, 0.717) is 37.1 Å². The molecule has 1 amide bonds. The molecule has 8 nitrogen and oxygen atoms in total. The number of nitrogens with two attached hydrogens (primary N) is 1. The number of carbonyl (C=O) groups excluding carboxylic acids is 1. The lowest BCUT2D eigenvalue weighted by atomic mass is 9.83. The topological polar surface area (TPSA) is 112 Å². The normalized spacial score (nSPS) is 13.8. The van der Waals surface area contributed by atoms with Gasteiger partial charge in [-0.15, -0.1) is 12.4 Å². The highest BCUT2D eigenvalue weighted by atomic mass is 35.5. The number of hydrogen-bond acceptors (Lipinski definition) is 7. The van der Waals surface area contributed by atoms with E-state index in [9.17, 15) is 9.90 Å². The molecule has 4 N–H and O–H groups in total. The van der Waals surface area contributed by atoms with Crippen molar-refractivity contribution < 1.29 is 28.8 Å². The first-order valence-corrected chi connectivity index (χ1v) is 10.8. The van der Waals surface area contributed by atoms with Crippen LogP contribution >= 0.6 is 12.4 Å². The SMILES string of the molecule is COCCCOc1cc(CC(CC(N)C(O)CNC(=O)COC)C(C)C)ccc1OC.Cl. The number of aliphatic hydroxyl groups is 1. The number of ether oxygens (including phenoxy) is 4. The molecule has 3 unspecified atom stereocenters. The van der Waals surface area contributed by atoms with Crippen molar-refractivity contribution in [2.75, 3.05) is 47.7 Å². The minimum absolute atomic E-state index is 0. The smallest absolute Gasteiger partial charge is 0.246 e. The van der Waals surface area contributed by atoms with Crippen molar-refractivity contribution in [3.05, 3.63) is 23.8 Å². The summed E-state index contributed by atoms with van der Waals surface area (Å²) in [5.41, 5.74) is 7.37. The molecule has 1 aromatic carbocycles. The molecule has 0 spiro atoms. The Morgan fingerprint density at radius 3 is 2.44 bits per heavy atom. The highest BCUT2D eigenvalue weighted by Crippen LogP contribution is 2.31. The average Bonchev–Trinajstić information content (AvgIpc) is 2.74. The molecule has 0 saturated heterocycles. The van der Waals surface area contributed by atoms with Gasteiger partial charge in [0.1, 0.15) is 6.61 Å². The Balaban J connectivity index is 0.00000961. The number of methoxy groups -OCH3 is 3. The third-order valence-corrected chi connectivity index (χ3v) is 5.27. The highest BCUT2D eigenvalue weighted by molar-refractivity contribution is 5.85. The van der Waals surface area contributed by atoms with Crippen LogP contribution in [0.15, 0.2) is 18.2 Å². The molecule has 9 heteroatoms. The number of benzene rings is 1. The molecular formula is C23H41ClN2O6. The van der Waals surface area contributed by atoms with Gasteiger partial charge in [0.05, 0.1) is 19.8 Å². The molecule has 0 aliphatic rings. The van der Waals surface area contributed by atoms with E-state index >= 15 is 0 Å². The number of amides is 1. The maximum absolute atomic E-state index is 11.5. The van der Waals surface area contributed by atoms with E-state index in [1.54, 1.807) is 14.2 Å². The minimum Gasteiger partial charge on any atom is -0.493 e. The zero-order chi connectivity index (χ0) is 23.2. The number of halogens is 1. The van der Waals surface area contributed by atoms with Crippen LogP contribution in [0.2, 0.25) is 0 Å². The van der Waals surface area contributed by atoms with Gasteiger partial charge in [0.25, 0.3) is 0 Å². The van der Waals surface area contributed by atoms with Crippen LogP contribution in [0.4, 0.5) is 0 Å². The second kappa shape index (κ2) is 17.0. The summed E-state index contributed by atoms with van der Waals surface area (Å²) in [6.07, 6.45) is 1.41. The van der Waals surface area contributed by atoms with Gasteiger partial charge >= 0.3 is 0 Å². The molecule has 0 heterocycles. The van der Waals surface area contributed by atoms with Gasteiger partial charge in [0.15, 0.2) is 11.5 Å². The second-order valence-electron chi connectivity index (χ2n) is 8.09. The standard InChI is InChI=1S/C23H40N2O6.ClH/c1-16(2)18(13-19(24)20(26)14-25-23(27)15-29-4)11-17-7-8-21(30-5)22(12-17)31-10-6-9-28-3;/h7-8,12,16,18-20,26H,6,9-11,13-15,24H2,1-5H3,(H,25,27);1H. The fourth-order valence-corrected chi connectivity index (χ4v) is 3.30. The highest BCUT2D eigenvalue weighted by Gasteiger charge is 2.23. The van der Waals surface area contributed by atoms with Crippen molar-refractivity contribution in [1.29, 1.82) is 0 Å². The zero-order valence-corrected chi connectivity index (χ0v) is 20.8. The Bertz CT molecular complexity index is 647. The van der Waals surface area contributed by atoms with E-state index in [2.05, 4.69) is 19.2 Å². The van der Waals surface area contributed by atoms with Crippen molar-refractivity contribution in [3.8, 4) is 11.5 Å². The number of carbonyl (C=O) groups is 1. The summed E-state index contributed by atoms with van der Waals surface area (Å²) in [6, 6.07) is 5.51. The van der Waals surface area contributed by atoms with E-state index in [1.165, 1.54) is 7.11 Å². The van der Waals surface area contributed by atoms with Gasteiger partial charge in [-0.05, 0) is 42.4 Å². The van der Waals surface area contributed by atoms with E-state index in [0.717, 1.165) is 18.4 Å². The Morgan fingerprint density at radius 1 is 1.12 bits per heavy atom. The zero-order valence-electron chi connectivity index (χ0n) is 20.0. The van der Waals surface area contributed by atoms with Gasteiger partial charge in [-0.3, -0.25) is 4.79 Å². The molecule has 1 rings (SSSR count). The van der Waals surface area contributed by atoms with E-state index < -0.39 is 12.1 Å². The second-order valence-corrected chi connectivity index (χ2v) is 8.09. The number of aliphatic hydroxyl groups excluding tert-OH is 1. The fourth-order valence-electron chi connectivity index (χ4n) is 3.30. The van der Waals surface area contributed by atoms with Crippen LogP contribution in [-0.4, -0.2) is 70.9 Å². The summed E-state index contributed by atoms with van der Waals surface area (Å²) in [5, 5.41) is 13.0. The Kier molecular flexibility index (Phi) is 16.1. The molecule has 0 aliphatic carbocycles. The molecule has 0 aromatic heterocycles. The molecule has 0 saturated carbocycles. The molecule has 0 bridgehead atoms. The minimum atomic E-state index is -0.822. The van der Waals surface area contributed by atoms with Crippen molar-refractivity contribution in [2.45, 2.75) is 45.3 Å². The first-order valence-electron chi connectivity index (χ1n) is 10.8. The van der Waals surface area contributed by atoms with E-state index in [1.807, 2.05) is 18.2 Å². The van der Waals surface area contributed by atoms with E-state index in [4.69, 9.17) is 24.7 Å². The third kappa shape index (κ3) is 11.3. The van der Waals surface area contributed by atoms with Gasteiger partial charge in [-0.2, -0.15) is 0 Å². The van der Waals surface area contributed by atoms with Gasteiger partial charge in [-0.1, -0.05) is 19.9 Å². The summed E-state index contributed by atoms with van der Waals surface area (Å²) >= 11 is 0. The Hall–Kier alpha value is -1.58. The summed E-state index contributed by atoms with van der Waals surface area (Å²) in [4.78, 5) is 11.5. The van der Waals surface area contributed by atoms with Crippen LogP contribution in [0.3, 0.4) is 0 Å². The average molecular weight is 477 g/mol. The summed E-state index contributed by atoms with van der Waals surface area (Å²) in [5.74, 6) is 1.76. The Labute approximate surface area is 198 Å². The summed E-state index contributed by atoms with van der Waals surface area (Å²) < 4.78 is 21.1. The lowest BCUT2D eigenvalue weighted by Crippen LogP contribution is -2.45. The van der Waals surface area contributed by atoms with Crippen molar-refractivity contribution in [1.82, 2.24) is 5.32 Å². The predicted molar refractivity (Wildman–Crippen MR) is 128 cm³/mol. The lowest BCUT2D eigenvalue weighted by molar-refractivity contribution is -0.125. The molecule has 3 atom stereocenters. The van der Waals surface area contributed by atoms with Crippen LogP contribution in [0.25, 0.3) is 0 Å². The van der Waals surface area contributed by atoms with Crippen LogP contribution < -0.4 is 20.5 Å². The fraction of sp³-hybridized carbons (Fsp3) is 0.696. The van der Waals surface area contributed by atoms with Crippen molar-refractivity contribution >= 4 is 18.3 Å². The van der Waals surface area contributed by atoms with Crippen LogP contribution in [0.1, 0.15) is 32.3 Å². The number of rotatable bonds is 16. The molecule has 0 aliphatic heterocycles. The maximum atomic E-state index is 11.5. The number of nitrogens with one attached hydrogen (secondary N) is 1. The van der Waals surface area contributed by atoms with Crippen molar-refractivity contribution in [3.63, 3.8) is 0 Å². The third-order valence-electron chi connectivity index (χ3n) is 5.27. The van der Waals surface area contributed by atoms with Gasteiger partial charge in [0, 0.05) is 39.8 Å². The molecular weight excluding hydrogens is 436 g/mol. The molecule has 0 fully saturated rings. The number of hydrogen-bond donors (Lipinski definition) is 3. The predicted octanol–water partition coefficient (Wildman–Crippen LogP) is 2.19. The first kappa shape index (κ1) is 30.4. The molecule has 1 aromatic rings. The van der Waals surface area contributed by atoms with Crippen LogP contribution in [-0.2, 0) is 20.7 Å². The van der Waals surface area contributed by atoms with E-state index in [-0.39, 0.29) is 37.4 Å². The first-order chi connectivity index (χ1) is 14.8.